The van der Waals surface area contributed by atoms with Gasteiger partial charge >= 0.3 is 0 Å². The fourth-order valence-corrected chi connectivity index (χ4v) is 1.26. The molecule has 0 spiro atoms. The molecule has 68 valence electrons. The number of ketones is 1. The van der Waals surface area contributed by atoms with Gasteiger partial charge in [-0.15, -0.1) is 10.9 Å². The Morgan fingerprint density at radius 2 is 1.77 bits per heavy atom. The minimum atomic E-state index is 0.0624. The Hall–Kier alpha value is -1.19. The van der Waals surface area contributed by atoms with Crippen molar-refractivity contribution in [2.75, 3.05) is 0 Å². The van der Waals surface area contributed by atoms with Crippen LogP contribution in [0.1, 0.15) is 22.8 Å². The molecule has 2 N–H and O–H groups in total. The summed E-state index contributed by atoms with van der Waals surface area (Å²) in [5.74, 6) is 3.67. The molecule has 0 aliphatic rings. The van der Waals surface area contributed by atoms with Crippen molar-refractivity contribution in [2.45, 2.75) is 6.92 Å². The second-order valence-electron chi connectivity index (χ2n) is 2.64. The van der Waals surface area contributed by atoms with E-state index in [2.05, 4.69) is 5.87 Å². The Kier molecular flexibility index (Phi) is 3.17. The third kappa shape index (κ3) is 2.37. The predicted molar refractivity (Wildman–Crippen MR) is 59.5 cm³/mol. The Morgan fingerprint density at radius 3 is 2.15 bits per heavy atom. The molecule has 0 bridgehead atoms. The quantitative estimate of drug-likeness (QED) is 0.571. The van der Waals surface area contributed by atoms with Crippen molar-refractivity contribution in [1.29, 1.82) is 0 Å². The lowest BCUT2D eigenvalue weighted by Gasteiger charge is -1.99. The van der Waals surface area contributed by atoms with E-state index in [-0.39, 0.29) is 5.78 Å². The summed E-state index contributed by atoms with van der Waals surface area (Å²) in [7, 11) is 1.25. The Balaban J connectivity index is 3.07. The second kappa shape index (κ2) is 4.16. The summed E-state index contributed by atoms with van der Waals surface area (Å²) in [6, 6.07) is 7.18. The van der Waals surface area contributed by atoms with Gasteiger partial charge in [-0.25, -0.2) is 0 Å². The molecule has 0 unspecified atom stereocenters. The molecule has 0 atom stereocenters. The van der Waals surface area contributed by atoms with Crippen LogP contribution in [0.25, 0.3) is 0 Å². The first-order chi connectivity index (χ1) is 6.15. The van der Waals surface area contributed by atoms with Crippen molar-refractivity contribution in [2.24, 2.45) is 5.73 Å². The molecule has 0 aliphatic carbocycles. The summed E-state index contributed by atoms with van der Waals surface area (Å²) >= 11 is 0. The number of hydrogen-bond donors (Lipinski definition) is 1. The van der Waals surface area contributed by atoms with Crippen molar-refractivity contribution in [3.63, 3.8) is 0 Å². The minimum absolute atomic E-state index is 0.0624. The lowest BCUT2D eigenvalue weighted by molar-refractivity contribution is 0.101. The first kappa shape index (κ1) is 9.89. The standard InChI is InChI=1S/C10H11NOS/c1-7(12)8-3-5-9(6-4-8)10(11)13-2/h3-6H,2,11H2,1H3. The highest BCUT2D eigenvalue weighted by Crippen LogP contribution is 2.04. The molecule has 0 saturated heterocycles. The smallest absolute Gasteiger partial charge is 0.159 e. The van der Waals surface area contributed by atoms with Crippen molar-refractivity contribution < 1.29 is 4.79 Å². The van der Waals surface area contributed by atoms with Gasteiger partial charge in [0.05, 0.1) is 4.99 Å². The summed E-state index contributed by atoms with van der Waals surface area (Å²) in [4.78, 5) is 11.6. The lowest BCUT2D eigenvalue weighted by atomic mass is 10.1. The van der Waals surface area contributed by atoms with Gasteiger partial charge < -0.3 is 0 Å². The average Bonchev–Trinajstić information content (AvgIpc) is 2.17. The second-order valence-corrected chi connectivity index (χ2v) is 3.37. The first-order valence-electron chi connectivity index (χ1n) is 3.81. The normalized spacial score (nSPS) is 9.38. The van der Waals surface area contributed by atoms with Crippen LogP contribution in [0.4, 0.5) is 0 Å². The molecular formula is C10H11NOS. The van der Waals surface area contributed by atoms with Crippen LogP contribution in [-0.4, -0.2) is 16.6 Å². The third-order valence-corrected chi connectivity index (χ3v) is 2.28. The number of hydrogen-bond acceptors (Lipinski definition) is 1. The van der Waals surface area contributed by atoms with Crippen LogP contribution in [0.5, 0.6) is 0 Å². The van der Waals surface area contributed by atoms with Crippen LogP contribution >= 0.6 is 10.9 Å². The molecule has 1 rings (SSSR count). The number of benzene rings is 1. The van der Waals surface area contributed by atoms with E-state index in [0.717, 1.165) is 5.56 Å². The van der Waals surface area contributed by atoms with E-state index >= 15 is 0 Å². The van der Waals surface area contributed by atoms with Gasteiger partial charge in [0.1, 0.15) is 0 Å². The molecule has 13 heavy (non-hydrogen) atoms. The molecular weight excluding hydrogens is 182 g/mol. The largest absolute Gasteiger partial charge is 0.295 e. The van der Waals surface area contributed by atoms with Crippen molar-refractivity contribution in [3.05, 3.63) is 35.4 Å². The van der Waals surface area contributed by atoms with Crippen LogP contribution in [0.15, 0.2) is 24.3 Å². The zero-order chi connectivity index (χ0) is 9.84. The summed E-state index contributed by atoms with van der Waals surface area (Å²) < 4.78 is 0. The zero-order valence-electron chi connectivity index (χ0n) is 7.41. The Labute approximate surface area is 80.9 Å². The minimum Gasteiger partial charge on any atom is -0.295 e. The predicted octanol–water partition coefficient (Wildman–Crippen LogP) is 1.49. The number of nitrogens with two attached hydrogens (primary N) is 1. The summed E-state index contributed by atoms with van der Waals surface area (Å²) in [5.41, 5.74) is 7.26. The molecule has 1 aromatic rings. The third-order valence-electron chi connectivity index (χ3n) is 1.73. The van der Waals surface area contributed by atoms with Crippen LogP contribution in [0.2, 0.25) is 0 Å². The van der Waals surface area contributed by atoms with E-state index in [0.29, 0.717) is 10.6 Å². The van der Waals surface area contributed by atoms with E-state index in [9.17, 15) is 4.79 Å². The average molecular weight is 193 g/mol. The number of carbonyl (C=O) groups is 1. The van der Waals surface area contributed by atoms with Crippen molar-refractivity contribution in [3.8, 4) is 0 Å². The van der Waals surface area contributed by atoms with E-state index in [1.807, 2.05) is 12.1 Å². The summed E-state index contributed by atoms with van der Waals surface area (Å²) in [5, 5.41) is 0. The molecule has 0 aromatic heterocycles. The number of Topliss-reactive ketones (excluding diaryl/α,β-unsaturated/α-hetero) is 1. The van der Waals surface area contributed by atoms with Gasteiger partial charge in [-0.2, -0.15) is 0 Å². The summed E-state index contributed by atoms with van der Waals surface area (Å²) in [6.45, 7) is 1.54. The topological polar surface area (TPSA) is 43.1 Å². The van der Waals surface area contributed by atoms with Crippen LogP contribution < -0.4 is 5.73 Å². The molecule has 0 saturated carbocycles. The number of carbonyl (C=O) groups excluding carboxylic acids is 1. The van der Waals surface area contributed by atoms with Crippen LogP contribution in [0, 0.1) is 0 Å². The molecule has 1 aromatic carbocycles. The van der Waals surface area contributed by atoms with Gasteiger partial charge in [0.2, 0.25) is 0 Å². The lowest BCUT2D eigenvalue weighted by Crippen LogP contribution is -2.09. The molecule has 0 amide bonds. The van der Waals surface area contributed by atoms with Gasteiger partial charge in [-0.05, 0) is 12.8 Å². The highest BCUT2D eigenvalue weighted by molar-refractivity contribution is 7.96. The van der Waals surface area contributed by atoms with Gasteiger partial charge in [0.25, 0.3) is 0 Å². The monoisotopic (exact) mass is 193 g/mol. The molecule has 0 heterocycles. The maximum Gasteiger partial charge on any atom is 0.159 e. The van der Waals surface area contributed by atoms with E-state index in [1.165, 1.54) is 17.9 Å². The van der Waals surface area contributed by atoms with Gasteiger partial charge in [-0.1, -0.05) is 24.3 Å². The SMILES string of the molecule is C=S=C(N)c1ccc(C(C)=O)cc1. The zero-order valence-corrected chi connectivity index (χ0v) is 8.23. The fraction of sp³-hybridized carbons (Fsp3) is 0.100. The molecule has 3 heteroatoms. The van der Waals surface area contributed by atoms with Crippen molar-refractivity contribution >= 4 is 27.6 Å². The van der Waals surface area contributed by atoms with Gasteiger partial charge in [-0.3, -0.25) is 10.5 Å². The Bertz CT molecular complexity index is 374. The Morgan fingerprint density at radius 1 is 1.31 bits per heavy atom. The molecule has 0 aliphatic heterocycles. The molecule has 0 fully saturated rings. The molecule has 2 nitrogen and oxygen atoms in total. The summed E-state index contributed by atoms with van der Waals surface area (Å²) in [6.07, 6.45) is 0. The maximum absolute atomic E-state index is 10.9. The van der Waals surface area contributed by atoms with Gasteiger partial charge in [0.15, 0.2) is 5.78 Å². The van der Waals surface area contributed by atoms with Crippen LogP contribution in [0.3, 0.4) is 0 Å². The van der Waals surface area contributed by atoms with Crippen LogP contribution in [-0.2, 0) is 0 Å². The van der Waals surface area contributed by atoms with Gasteiger partial charge in [0, 0.05) is 11.1 Å². The highest BCUT2D eigenvalue weighted by Gasteiger charge is 1.99. The molecule has 0 radical (unpaired) electrons. The van der Waals surface area contributed by atoms with E-state index in [1.54, 1.807) is 12.1 Å². The number of rotatable bonds is 2. The highest BCUT2D eigenvalue weighted by atomic mass is 32.1. The first-order valence-corrected chi connectivity index (χ1v) is 4.79. The fourth-order valence-electron chi connectivity index (χ4n) is 0.953. The van der Waals surface area contributed by atoms with E-state index < -0.39 is 0 Å². The maximum atomic E-state index is 10.9. The van der Waals surface area contributed by atoms with E-state index in [4.69, 9.17) is 5.73 Å². The van der Waals surface area contributed by atoms with Crippen molar-refractivity contribution in [1.82, 2.24) is 0 Å².